The number of carbonyl (C=O) groups excluding carboxylic acids is 1. The molecule has 37 heavy (non-hydrogen) atoms. The number of aliphatic hydroxyl groups is 1. The number of hydrogen-bond donors (Lipinski definition) is 1. The minimum atomic E-state index is -0.834. The molecule has 3 aliphatic rings. The van der Waals surface area contributed by atoms with Gasteiger partial charge in [0.15, 0.2) is 0 Å². The molecule has 2 saturated heterocycles. The molecule has 3 aromatic rings. The lowest BCUT2D eigenvalue weighted by Crippen LogP contribution is -2.63. The van der Waals surface area contributed by atoms with Crippen LogP contribution in [0.3, 0.4) is 0 Å². The number of rotatable bonds is 7. The van der Waals surface area contributed by atoms with Gasteiger partial charge in [0, 0.05) is 5.92 Å². The topological polar surface area (TPSA) is 68.2 Å². The van der Waals surface area contributed by atoms with Crippen LogP contribution in [0.4, 0.5) is 4.79 Å². The van der Waals surface area contributed by atoms with E-state index in [1.807, 2.05) is 59.5 Å². The van der Waals surface area contributed by atoms with Gasteiger partial charge >= 0.3 is 6.09 Å². The number of ether oxygens (including phenoxy) is 3. The van der Waals surface area contributed by atoms with Gasteiger partial charge in [0.1, 0.15) is 12.4 Å². The van der Waals surface area contributed by atoms with Crippen LogP contribution in [0.5, 0.6) is 5.75 Å². The van der Waals surface area contributed by atoms with Crippen LogP contribution < -0.4 is 4.74 Å². The summed E-state index contributed by atoms with van der Waals surface area (Å²) in [6, 6.07) is 26.0. The SMILES string of the molecule is O=C(OCC1c2ccccc2-c2ccccc21)N1C2COCC1CC(O)(CCCOc1ccccc1)C2. The first-order chi connectivity index (χ1) is 18.1. The maximum atomic E-state index is 13.4. The number of benzene rings is 3. The minimum absolute atomic E-state index is 0.0266. The third-order valence-electron chi connectivity index (χ3n) is 7.98. The lowest BCUT2D eigenvalue weighted by Gasteiger charge is -2.51. The van der Waals surface area contributed by atoms with Crippen LogP contribution in [-0.4, -0.2) is 60.2 Å². The first-order valence-electron chi connectivity index (χ1n) is 13.2. The van der Waals surface area contributed by atoms with Crippen molar-refractivity contribution in [1.82, 2.24) is 4.90 Å². The molecule has 2 fully saturated rings. The monoisotopic (exact) mass is 499 g/mol. The first kappa shape index (κ1) is 24.0. The number of amides is 1. The summed E-state index contributed by atoms with van der Waals surface area (Å²) in [7, 11) is 0. The summed E-state index contributed by atoms with van der Waals surface area (Å²) in [6.45, 7) is 1.69. The molecule has 0 spiro atoms. The molecule has 0 radical (unpaired) electrons. The Morgan fingerprint density at radius 3 is 2.14 bits per heavy atom. The van der Waals surface area contributed by atoms with E-state index in [9.17, 15) is 9.90 Å². The molecule has 6 heteroatoms. The molecule has 2 bridgehead atoms. The molecule has 192 valence electrons. The van der Waals surface area contributed by atoms with Gasteiger partial charge in [-0.05, 0) is 60.1 Å². The standard InChI is InChI=1S/C31H33NO5/c33-30(37-21-29-27-13-6-4-11-25(27)26-12-5-7-14-28(26)29)32-22-17-31(34,18-23(32)20-35-19-22)15-8-16-36-24-9-2-1-3-10-24/h1-7,9-14,22-23,29,34H,8,15-21H2. The van der Waals surface area contributed by atoms with Gasteiger partial charge in [0.25, 0.3) is 0 Å². The molecule has 2 aliphatic heterocycles. The van der Waals surface area contributed by atoms with Crippen molar-refractivity contribution in [3.8, 4) is 16.9 Å². The van der Waals surface area contributed by atoms with Crippen molar-refractivity contribution in [2.75, 3.05) is 26.4 Å². The van der Waals surface area contributed by atoms with Crippen molar-refractivity contribution in [3.05, 3.63) is 90.0 Å². The van der Waals surface area contributed by atoms with Crippen molar-refractivity contribution < 1.29 is 24.1 Å². The van der Waals surface area contributed by atoms with Crippen LogP contribution in [0.15, 0.2) is 78.9 Å². The summed E-state index contributed by atoms with van der Waals surface area (Å²) in [5.74, 6) is 0.864. The summed E-state index contributed by atoms with van der Waals surface area (Å²) in [5, 5.41) is 11.4. The number of nitrogens with zero attached hydrogens (tertiary/aromatic N) is 1. The average Bonchev–Trinajstić information content (AvgIpc) is 3.24. The maximum absolute atomic E-state index is 13.4. The van der Waals surface area contributed by atoms with Gasteiger partial charge in [-0.15, -0.1) is 0 Å². The molecule has 2 heterocycles. The Hall–Kier alpha value is -3.35. The van der Waals surface area contributed by atoms with Gasteiger partial charge in [-0.25, -0.2) is 4.79 Å². The molecule has 6 rings (SSSR count). The quantitative estimate of drug-likeness (QED) is 0.442. The van der Waals surface area contributed by atoms with Crippen molar-refractivity contribution in [2.45, 2.75) is 49.3 Å². The Balaban J connectivity index is 1.08. The summed E-state index contributed by atoms with van der Waals surface area (Å²) < 4.78 is 17.5. The Bertz CT molecular complexity index is 1190. The Morgan fingerprint density at radius 2 is 1.49 bits per heavy atom. The predicted octanol–water partition coefficient (Wildman–Crippen LogP) is 5.39. The fourth-order valence-electron chi connectivity index (χ4n) is 6.35. The van der Waals surface area contributed by atoms with E-state index >= 15 is 0 Å². The summed E-state index contributed by atoms with van der Waals surface area (Å²) >= 11 is 0. The molecule has 3 aromatic carbocycles. The zero-order chi connectivity index (χ0) is 25.2. The number of fused-ring (bicyclic) bond motifs is 5. The fourth-order valence-corrected chi connectivity index (χ4v) is 6.35. The number of hydrogen-bond acceptors (Lipinski definition) is 5. The van der Waals surface area contributed by atoms with Crippen molar-refractivity contribution in [1.29, 1.82) is 0 Å². The fraction of sp³-hybridized carbons (Fsp3) is 0.387. The van der Waals surface area contributed by atoms with E-state index in [-0.39, 0.29) is 24.1 Å². The third-order valence-corrected chi connectivity index (χ3v) is 7.98. The summed E-state index contributed by atoms with van der Waals surface area (Å²) in [4.78, 5) is 15.2. The van der Waals surface area contributed by atoms with Gasteiger partial charge in [-0.1, -0.05) is 66.7 Å². The highest BCUT2D eigenvalue weighted by atomic mass is 16.6. The number of morpholine rings is 1. The van der Waals surface area contributed by atoms with E-state index in [2.05, 4.69) is 24.3 Å². The normalized spacial score (nSPS) is 24.3. The van der Waals surface area contributed by atoms with E-state index in [0.29, 0.717) is 45.7 Å². The smallest absolute Gasteiger partial charge is 0.410 e. The largest absolute Gasteiger partial charge is 0.494 e. The number of piperidine rings is 1. The van der Waals surface area contributed by atoms with Crippen LogP contribution in [0.25, 0.3) is 11.1 Å². The third kappa shape index (κ3) is 4.83. The average molecular weight is 500 g/mol. The van der Waals surface area contributed by atoms with Crippen LogP contribution in [0, 0.1) is 0 Å². The molecule has 6 nitrogen and oxygen atoms in total. The Kier molecular flexibility index (Phi) is 6.61. The van der Waals surface area contributed by atoms with E-state index in [0.717, 1.165) is 12.2 Å². The lowest BCUT2D eigenvalue weighted by molar-refractivity contribution is -0.136. The minimum Gasteiger partial charge on any atom is -0.494 e. The highest BCUT2D eigenvalue weighted by Gasteiger charge is 2.48. The van der Waals surface area contributed by atoms with Gasteiger partial charge in [0.2, 0.25) is 0 Å². The molecular weight excluding hydrogens is 466 g/mol. The number of carbonyl (C=O) groups is 1. The van der Waals surface area contributed by atoms with Crippen molar-refractivity contribution in [3.63, 3.8) is 0 Å². The highest BCUT2D eigenvalue weighted by molar-refractivity contribution is 5.79. The second-order valence-electron chi connectivity index (χ2n) is 10.5. The second kappa shape index (κ2) is 10.2. The summed E-state index contributed by atoms with van der Waals surface area (Å²) in [5.41, 5.74) is 3.99. The molecule has 2 atom stereocenters. The van der Waals surface area contributed by atoms with Crippen LogP contribution >= 0.6 is 0 Å². The van der Waals surface area contributed by atoms with E-state index in [1.165, 1.54) is 22.3 Å². The van der Waals surface area contributed by atoms with E-state index in [4.69, 9.17) is 14.2 Å². The van der Waals surface area contributed by atoms with Gasteiger partial charge < -0.3 is 19.3 Å². The van der Waals surface area contributed by atoms with Gasteiger partial charge in [-0.3, -0.25) is 4.90 Å². The molecule has 0 saturated carbocycles. The first-order valence-corrected chi connectivity index (χ1v) is 13.2. The molecular formula is C31H33NO5. The van der Waals surface area contributed by atoms with E-state index < -0.39 is 5.60 Å². The van der Waals surface area contributed by atoms with Crippen molar-refractivity contribution in [2.24, 2.45) is 0 Å². The highest BCUT2D eigenvalue weighted by Crippen LogP contribution is 2.45. The predicted molar refractivity (Wildman–Crippen MR) is 141 cm³/mol. The molecule has 2 unspecified atom stereocenters. The Morgan fingerprint density at radius 1 is 0.892 bits per heavy atom. The Labute approximate surface area is 217 Å². The molecule has 1 amide bonds. The molecule has 0 aromatic heterocycles. The van der Waals surface area contributed by atoms with Crippen LogP contribution in [0.1, 0.15) is 42.7 Å². The van der Waals surface area contributed by atoms with Crippen LogP contribution in [0.2, 0.25) is 0 Å². The molecule has 1 aliphatic carbocycles. The number of para-hydroxylation sites is 1. The van der Waals surface area contributed by atoms with Crippen molar-refractivity contribution >= 4 is 6.09 Å². The van der Waals surface area contributed by atoms with E-state index in [1.54, 1.807) is 0 Å². The maximum Gasteiger partial charge on any atom is 0.410 e. The van der Waals surface area contributed by atoms with Gasteiger partial charge in [0.05, 0.1) is 37.5 Å². The zero-order valence-corrected chi connectivity index (χ0v) is 20.9. The lowest BCUT2D eigenvalue weighted by atomic mass is 9.78. The van der Waals surface area contributed by atoms with Crippen LogP contribution in [-0.2, 0) is 9.47 Å². The second-order valence-corrected chi connectivity index (χ2v) is 10.5. The van der Waals surface area contributed by atoms with Gasteiger partial charge in [-0.2, -0.15) is 0 Å². The molecule has 1 N–H and O–H groups in total. The summed E-state index contributed by atoms with van der Waals surface area (Å²) in [6.07, 6.45) is 2.04. The zero-order valence-electron chi connectivity index (χ0n) is 20.9.